The molecule has 0 aliphatic rings. The van der Waals surface area contributed by atoms with E-state index in [1.54, 1.807) is 12.4 Å². The minimum atomic E-state index is 0.0151. The predicted molar refractivity (Wildman–Crippen MR) is 74.9 cm³/mol. The van der Waals surface area contributed by atoms with Gasteiger partial charge in [0.15, 0.2) is 0 Å². The smallest absolute Gasteiger partial charge is 0.239 e. The van der Waals surface area contributed by atoms with Gasteiger partial charge in [0, 0.05) is 19.6 Å². The molecule has 1 heterocycles. The van der Waals surface area contributed by atoms with Crippen LogP contribution in [0, 0.1) is 0 Å². The Morgan fingerprint density at radius 1 is 1.44 bits per heavy atom. The van der Waals surface area contributed by atoms with Gasteiger partial charge in [0.2, 0.25) is 5.91 Å². The van der Waals surface area contributed by atoms with E-state index in [1.807, 2.05) is 38.8 Å². The molecule has 1 aromatic rings. The maximum atomic E-state index is 11.7. The summed E-state index contributed by atoms with van der Waals surface area (Å²) in [6.07, 6.45) is 3.53. The summed E-state index contributed by atoms with van der Waals surface area (Å²) in [5, 5.41) is 6.07. The van der Waals surface area contributed by atoms with E-state index in [9.17, 15) is 4.79 Å². The molecule has 0 aromatic carbocycles. The second-order valence-electron chi connectivity index (χ2n) is 4.54. The van der Waals surface area contributed by atoms with Crippen LogP contribution in [0.1, 0.15) is 20.8 Å². The van der Waals surface area contributed by atoms with Gasteiger partial charge in [-0.1, -0.05) is 0 Å². The standard InChI is InChI=1S/C13H22N4O/c1-5-15-11-6-12(8-14-7-11)17(4)9-13(18)16-10(2)3/h6-8,10,15H,5,9H2,1-4H3,(H,16,18). The summed E-state index contributed by atoms with van der Waals surface area (Å²) in [7, 11) is 1.88. The summed E-state index contributed by atoms with van der Waals surface area (Å²) in [5.74, 6) is 0.0151. The Morgan fingerprint density at radius 2 is 2.17 bits per heavy atom. The maximum Gasteiger partial charge on any atom is 0.239 e. The highest BCUT2D eigenvalue weighted by Gasteiger charge is 2.09. The molecule has 1 rings (SSSR count). The third-order valence-corrected chi connectivity index (χ3v) is 2.38. The molecule has 0 saturated carbocycles. The van der Waals surface area contributed by atoms with Crippen LogP contribution in [0.4, 0.5) is 11.4 Å². The van der Waals surface area contributed by atoms with E-state index in [0.29, 0.717) is 6.54 Å². The van der Waals surface area contributed by atoms with Crippen LogP contribution in [-0.4, -0.2) is 37.1 Å². The zero-order valence-electron chi connectivity index (χ0n) is 11.5. The Morgan fingerprint density at radius 3 is 2.78 bits per heavy atom. The van der Waals surface area contributed by atoms with Crippen molar-refractivity contribution < 1.29 is 4.79 Å². The third kappa shape index (κ3) is 4.61. The van der Waals surface area contributed by atoms with Crippen LogP contribution >= 0.6 is 0 Å². The largest absolute Gasteiger partial charge is 0.384 e. The first-order valence-electron chi connectivity index (χ1n) is 6.22. The monoisotopic (exact) mass is 250 g/mol. The SMILES string of the molecule is CCNc1cncc(N(C)CC(=O)NC(C)C)c1. The molecular weight excluding hydrogens is 228 g/mol. The molecule has 1 aromatic heterocycles. The van der Waals surface area contributed by atoms with Crippen LogP contribution in [0.3, 0.4) is 0 Å². The molecule has 0 aliphatic heterocycles. The average molecular weight is 250 g/mol. The van der Waals surface area contributed by atoms with Crippen molar-refractivity contribution in [3.05, 3.63) is 18.5 Å². The molecule has 5 nitrogen and oxygen atoms in total. The Balaban J connectivity index is 2.63. The summed E-state index contributed by atoms with van der Waals surface area (Å²) in [4.78, 5) is 17.7. The van der Waals surface area contributed by atoms with Gasteiger partial charge in [-0.05, 0) is 26.8 Å². The van der Waals surface area contributed by atoms with Gasteiger partial charge in [-0.25, -0.2) is 0 Å². The molecule has 0 fully saturated rings. The quantitative estimate of drug-likeness (QED) is 0.803. The molecule has 0 radical (unpaired) electrons. The van der Waals surface area contributed by atoms with Crippen LogP contribution < -0.4 is 15.5 Å². The topological polar surface area (TPSA) is 57.3 Å². The van der Waals surface area contributed by atoms with Crippen molar-refractivity contribution in [1.82, 2.24) is 10.3 Å². The summed E-state index contributed by atoms with van der Waals surface area (Å²) in [6, 6.07) is 2.15. The van der Waals surface area contributed by atoms with Crippen LogP contribution in [0.5, 0.6) is 0 Å². The van der Waals surface area contributed by atoms with E-state index in [4.69, 9.17) is 0 Å². The fourth-order valence-corrected chi connectivity index (χ4v) is 1.61. The Labute approximate surface area is 109 Å². The molecule has 0 aliphatic carbocycles. The predicted octanol–water partition coefficient (Wildman–Crippen LogP) is 1.47. The van der Waals surface area contributed by atoms with Crippen molar-refractivity contribution >= 4 is 17.3 Å². The number of nitrogens with zero attached hydrogens (tertiary/aromatic N) is 2. The van der Waals surface area contributed by atoms with Gasteiger partial charge in [0.1, 0.15) is 0 Å². The molecule has 0 atom stereocenters. The summed E-state index contributed by atoms with van der Waals surface area (Å²) < 4.78 is 0. The highest BCUT2D eigenvalue weighted by atomic mass is 16.2. The lowest BCUT2D eigenvalue weighted by atomic mass is 10.3. The number of carbonyl (C=O) groups is 1. The molecule has 0 saturated heterocycles. The van der Waals surface area contributed by atoms with E-state index < -0.39 is 0 Å². The Bertz CT molecular complexity index is 392. The van der Waals surface area contributed by atoms with Gasteiger partial charge in [-0.2, -0.15) is 0 Å². The van der Waals surface area contributed by atoms with Gasteiger partial charge in [0.05, 0.1) is 30.3 Å². The van der Waals surface area contributed by atoms with Crippen molar-refractivity contribution in [2.75, 3.05) is 30.4 Å². The molecule has 100 valence electrons. The van der Waals surface area contributed by atoms with E-state index >= 15 is 0 Å². The number of aromatic nitrogens is 1. The van der Waals surface area contributed by atoms with E-state index in [-0.39, 0.29) is 11.9 Å². The lowest BCUT2D eigenvalue weighted by molar-refractivity contribution is -0.120. The summed E-state index contributed by atoms with van der Waals surface area (Å²) in [5.41, 5.74) is 1.89. The number of amides is 1. The number of hydrogen-bond donors (Lipinski definition) is 2. The van der Waals surface area contributed by atoms with Crippen molar-refractivity contribution in [1.29, 1.82) is 0 Å². The van der Waals surface area contributed by atoms with Crippen molar-refractivity contribution in [3.8, 4) is 0 Å². The number of hydrogen-bond acceptors (Lipinski definition) is 4. The van der Waals surface area contributed by atoms with E-state index in [1.165, 1.54) is 0 Å². The maximum absolute atomic E-state index is 11.7. The average Bonchev–Trinajstić information content (AvgIpc) is 2.28. The second-order valence-corrected chi connectivity index (χ2v) is 4.54. The lowest BCUT2D eigenvalue weighted by Crippen LogP contribution is -2.38. The Hall–Kier alpha value is -1.78. The first kappa shape index (κ1) is 14.3. The highest BCUT2D eigenvalue weighted by Crippen LogP contribution is 2.15. The van der Waals surface area contributed by atoms with E-state index in [0.717, 1.165) is 17.9 Å². The molecule has 18 heavy (non-hydrogen) atoms. The minimum Gasteiger partial charge on any atom is -0.384 e. The molecular formula is C13H22N4O. The van der Waals surface area contributed by atoms with E-state index in [2.05, 4.69) is 15.6 Å². The summed E-state index contributed by atoms with van der Waals surface area (Å²) >= 11 is 0. The van der Waals surface area contributed by atoms with Crippen LogP contribution in [0.2, 0.25) is 0 Å². The Kier molecular flexibility index (Phi) is 5.42. The van der Waals surface area contributed by atoms with Crippen LogP contribution in [-0.2, 0) is 4.79 Å². The van der Waals surface area contributed by atoms with Crippen molar-refractivity contribution in [2.24, 2.45) is 0 Å². The highest BCUT2D eigenvalue weighted by molar-refractivity contribution is 5.81. The molecule has 1 amide bonds. The number of anilines is 2. The van der Waals surface area contributed by atoms with Gasteiger partial charge < -0.3 is 15.5 Å². The van der Waals surface area contributed by atoms with Crippen molar-refractivity contribution in [3.63, 3.8) is 0 Å². The minimum absolute atomic E-state index is 0.0151. The van der Waals surface area contributed by atoms with Crippen LogP contribution in [0.25, 0.3) is 0 Å². The molecule has 2 N–H and O–H groups in total. The molecule has 0 spiro atoms. The van der Waals surface area contributed by atoms with Gasteiger partial charge >= 0.3 is 0 Å². The fourth-order valence-electron chi connectivity index (χ4n) is 1.61. The summed E-state index contributed by atoms with van der Waals surface area (Å²) in [6.45, 7) is 7.11. The second kappa shape index (κ2) is 6.83. The van der Waals surface area contributed by atoms with Crippen molar-refractivity contribution in [2.45, 2.75) is 26.8 Å². The zero-order valence-corrected chi connectivity index (χ0v) is 11.5. The fraction of sp³-hybridized carbons (Fsp3) is 0.538. The van der Waals surface area contributed by atoms with Gasteiger partial charge in [-0.3, -0.25) is 9.78 Å². The number of rotatable bonds is 6. The van der Waals surface area contributed by atoms with Crippen LogP contribution in [0.15, 0.2) is 18.5 Å². The number of carbonyl (C=O) groups excluding carboxylic acids is 1. The number of nitrogens with one attached hydrogen (secondary N) is 2. The lowest BCUT2D eigenvalue weighted by Gasteiger charge is -2.20. The zero-order chi connectivity index (χ0) is 13.5. The molecule has 0 unspecified atom stereocenters. The number of likely N-dealkylation sites (N-methyl/N-ethyl adjacent to an activating group) is 1. The molecule has 0 bridgehead atoms. The third-order valence-electron chi connectivity index (χ3n) is 2.38. The first-order chi connectivity index (χ1) is 8.52. The first-order valence-corrected chi connectivity index (χ1v) is 6.22. The number of pyridine rings is 1. The molecule has 5 heteroatoms. The normalized spacial score (nSPS) is 10.3. The van der Waals surface area contributed by atoms with Gasteiger partial charge in [-0.15, -0.1) is 0 Å². The van der Waals surface area contributed by atoms with Gasteiger partial charge in [0.25, 0.3) is 0 Å².